The Morgan fingerprint density at radius 1 is 1.15 bits per heavy atom. The van der Waals surface area contributed by atoms with Gasteiger partial charge in [-0.2, -0.15) is 0 Å². The van der Waals surface area contributed by atoms with E-state index in [1.54, 1.807) is 0 Å². The molecule has 4 rings (SSSR count). The first-order chi connectivity index (χ1) is 12.2. The fourth-order valence-corrected chi connectivity index (χ4v) is 6.38. The molecular weight excluding hydrogens is 330 g/mol. The zero-order chi connectivity index (χ0) is 18.7. The predicted molar refractivity (Wildman–Crippen MR) is 96.1 cm³/mol. The van der Waals surface area contributed by atoms with E-state index in [4.69, 9.17) is 4.74 Å². The fraction of sp³-hybridized carbons (Fsp3) is 0.762. The summed E-state index contributed by atoms with van der Waals surface area (Å²) in [6.07, 6.45) is 7.51. The van der Waals surface area contributed by atoms with Gasteiger partial charge in [0.2, 0.25) is 5.91 Å². The Kier molecular flexibility index (Phi) is 4.05. The Labute approximate surface area is 154 Å². The summed E-state index contributed by atoms with van der Waals surface area (Å²) in [5, 5.41) is 3.19. The third-order valence-corrected chi connectivity index (χ3v) is 7.73. The number of rotatable bonds is 1. The third-order valence-electron chi connectivity index (χ3n) is 7.73. The van der Waals surface area contributed by atoms with Crippen LogP contribution >= 0.6 is 0 Å². The summed E-state index contributed by atoms with van der Waals surface area (Å²) in [6, 6.07) is 0. The maximum Gasteiger partial charge on any atom is 0.302 e. The second-order valence-electron chi connectivity index (χ2n) is 9.25. The van der Waals surface area contributed by atoms with Gasteiger partial charge < -0.3 is 10.1 Å². The fourth-order valence-electron chi connectivity index (χ4n) is 6.38. The van der Waals surface area contributed by atoms with Gasteiger partial charge in [-0.1, -0.05) is 12.5 Å². The normalized spacial score (nSPS) is 44.8. The molecule has 1 saturated heterocycles. The number of hydrogen-bond acceptors (Lipinski definition) is 4. The molecule has 4 aliphatic rings. The molecule has 1 heterocycles. The molecule has 3 aliphatic carbocycles. The van der Waals surface area contributed by atoms with Crippen molar-refractivity contribution in [3.05, 3.63) is 11.6 Å². The van der Waals surface area contributed by atoms with Gasteiger partial charge in [-0.05, 0) is 62.4 Å². The molecule has 5 heteroatoms. The van der Waals surface area contributed by atoms with Gasteiger partial charge in [0.15, 0.2) is 5.78 Å². The van der Waals surface area contributed by atoms with Crippen molar-refractivity contribution in [3.8, 4) is 0 Å². The molecule has 0 spiro atoms. The van der Waals surface area contributed by atoms with E-state index in [9.17, 15) is 14.4 Å². The van der Waals surface area contributed by atoms with Gasteiger partial charge in [-0.15, -0.1) is 0 Å². The number of ether oxygens (including phenoxy) is 1. The largest absolute Gasteiger partial charge is 0.462 e. The van der Waals surface area contributed by atoms with E-state index in [2.05, 4.69) is 19.2 Å². The standard InChI is InChI=1S/C21H29NO4/c1-12(23)26-14-6-8-20(2)13(10-14)11-17(24)19-15(20)7-9-21(3)16(19)4-5-18(25)22-21/h11,14-16,19H,4-10H2,1-3H3,(H,22,25)/t14-,15-,16-,19+,20-,21-/m0/s1. The van der Waals surface area contributed by atoms with Gasteiger partial charge >= 0.3 is 5.97 Å². The van der Waals surface area contributed by atoms with Crippen molar-refractivity contribution < 1.29 is 19.1 Å². The van der Waals surface area contributed by atoms with Crippen molar-refractivity contribution in [3.63, 3.8) is 0 Å². The summed E-state index contributed by atoms with van der Waals surface area (Å²) >= 11 is 0. The predicted octanol–water partition coefficient (Wildman–Crippen LogP) is 2.93. The van der Waals surface area contributed by atoms with Crippen molar-refractivity contribution in [1.29, 1.82) is 0 Å². The lowest BCUT2D eigenvalue weighted by Gasteiger charge is -2.58. The molecule has 0 unspecified atom stereocenters. The van der Waals surface area contributed by atoms with Crippen LogP contribution in [-0.4, -0.2) is 29.3 Å². The Bertz CT molecular complexity index is 698. The molecule has 6 atom stereocenters. The van der Waals surface area contributed by atoms with Crippen molar-refractivity contribution in [2.24, 2.45) is 23.2 Å². The Morgan fingerprint density at radius 3 is 2.65 bits per heavy atom. The van der Waals surface area contributed by atoms with Crippen molar-refractivity contribution >= 4 is 17.7 Å². The first-order valence-electron chi connectivity index (χ1n) is 9.96. The molecule has 2 saturated carbocycles. The van der Waals surface area contributed by atoms with Crippen LogP contribution in [0.4, 0.5) is 0 Å². The number of hydrogen-bond donors (Lipinski definition) is 1. The van der Waals surface area contributed by atoms with Gasteiger partial charge in [-0.25, -0.2) is 0 Å². The smallest absolute Gasteiger partial charge is 0.302 e. The summed E-state index contributed by atoms with van der Waals surface area (Å²) in [6.45, 7) is 5.87. The number of fused-ring (bicyclic) bond motifs is 5. The van der Waals surface area contributed by atoms with Gasteiger partial charge in [0.1, 0.15) is 6.10 Å². The van der Waals surface area contributed by atoms with E-state index >= 15 is 0 Å². The summed E-state index contributed by atoms with van der Waals surface area (Å²) in [7, 11) is 0. The molecule has 5 nitrogen and oxygen atoms in total. The van der Waals surface area contributed by atoms with Crippen LogP contribution in [0, 0.1) is 23.2 Å². The molecular formula is C21H29NO4. The van der Waals surface area contributed by atoms with E-state index in [0.717, 1.165) is 32.1 Å². The molecule has 3 fully saturated rings. The van der Waals surface area contributed by atoms with Crippen LogP contribution in [0.25, 0.3) is 0 Å². The first-order valence-corrected chi connectivity index (χ1v) is 9.96. The monoisotopic (exact) mass is 359 g/mol. The van der Waals surface area contributed by atoms with E-state index < -0.39 is 0 Å². The number of piperidine rings is 1. The lowest BCUT2D eigenvalue weighted by molar-refractivity contribution is -0.150. The molecule has 0 aromatic carbocycles. The molecule has 1 amide bonds. The molecule has 26 heavy (non-hydrogen) atoms. The average Bonchev–Trinajstić information content (AvgIpc) is 2.54. The molecule has 1 N–H and O–H groups in total. The Balaban J connectivity index is 1.65. The maximum atomic E-state index is 13.1. The van der Waals surface area contributed by atoms with Crippen LogP contribution in [0.3, 0.4) is 0 Å². The number of ketones is 1. The van der Waals surface area contributed by atoms with Crippen LogP contribution < -0.4 is 5.32 Å². The third kappa shape index (κ3) is 2.62. The van der Waals surface area contributed by atoms with E-state index in [0.29, 0.717) is 18.8 Å². The van der Waals surface area contributed by atoms with Gasteiger partial charge in [0.25, 0.3) is 0 Å². The lowest BCUT2D eigenvalue weighted by atomic mass is 9.48. The molecule has 142 valence electrons. The zero-order valence-corrected chi connectivity index (χ0v) is 16.0. The van der Waals surface area contributed by atoms with Gasteiger partial charge in [0, 0.05) is 31.2 Å². The number of nitrogens with one attached hydrogen (secondary N) is 1. The summed E-state index contributed by atoms with van der Waals surface area (Å²) in [5.41, 5.74) is 0.936. The second-order valence-corrected chi connectivity index (χ2v) is 9.25. The second kappa shape index (κ2) is 5.93. The highest BCUT2D eigenvalue weighted by molar-refractivity contribution is 5.95. The first kappa shape index (κ1) is 17.7. The van der Waals surface area contributed by atoms with Gasteiger partial charge in [0.05, 0.1) is 0 Å². The molecule has 0 aromatic heterocycles. The van der Waals surface area contributed by atoms with Crippen LogP contribution in [0.5, 0.6) is 0 Å². The molecule has 1 aliphatic heterocycles. The SMILES string of the molecule is CC(=O)O[C@H]1CC[C@@]2(C)C(=CC(=O)[C@@H]3[C@@H]2CC[C@]2(C)NC(=O)CC[C@@H]32)C1. The number of carbonyl (C=O) groups excluding carboxylic acids is 3. The number of carbonyl (C=O) groups is 3. The maximum absolute atomic E-state index is 13.1. The van der Waals surface area contributed by atoms with Crippen molar-refractivity contribution in [2.45, 2.75) is 77.4 Å². The zero-order valence-electron chi connectivity index (χ0n) is 16.0. The molecule has 0 radical (unpaired) electrons. The van der Waals surface area contributed by atoms with E-state index in [1.807, 2.05) is 6.08 Å². The average molecular weight is 359 g/mol. The molecule has 0 aromatic rings. The summed E-state index contributed by atoms with van der Waals surface area (Å²) in [4.78, 5) is 36.4. The van der Waals surface area contributed by atoms with Crippen molar-refractivity contribution in [1.82, 2.24) is 5.32 Å². The van der Waals surface area contributed by atoms with E-state index in [1.165, 1.54) is 12.5 Å². The minimum Gasteiger partial charge on any atom is -0.462 e. The van der Waals surface area contributed by atoms with Crippen LogP contribution in [0.15, 0.2) is 11.6 Å². The topological polar surface area (TPSA) is 72.5 Å². The van der Waals surface area contributed by atoms with E-state index in [-0.39, 0.29) is 46.6 Å². The molecule has 0 bridgehead atoms. The van der Waals surface area contributed by atoms with Crippen LogP contribution in [0.1, 0.15) is 65.7 Å². The highest BCUT2D eigenvalue weighted by Crippen LogP contribution is 2.59. The Hall–Kier alpha value is -1.65. The van der Waals surface area contributed by atoms with Crippen molar-refractivity contribution in [2.75, 3.05) is 0 Å². The summed E-state index contributed by atoms with van der Waals surface area (Å²) in [5.74, 6) is 0.667. The minimum atomic E-state index is -0.247. The highest BCUT2D eigenvalue weighted by Gasteiger charge is 2.58. The van der Waals surface area contributed by atoms with Crippen LogP contribution in [0.2, 0.25) is 0 Å². The number of amides is 1. The quantitative estimate of drug-likeness (QED) is 0.731. The van der Waals surface area contributed by atoms with Gasteiger partial charge in [-0.3, -0.25) is 14.4 Å². The Morgan fingerprint density at radius 2 is 1.92 bits per heavy atom. The van der Waals surface area contributed by atoms with Crippen LogP contribution in [-0.2, 0) is 19.1 Å². The minimum absolute atomic E-state index is 0.00776. The summed E-state index contributed by atoms with van der Waals surface area (Å²) < 4.78 is 5.43. The number of esters is 1. The lowest BCUT2D eigenvalue weighted by Crippen LogP contribution is -2.64. The number of allylic oxidation sites excluding steroid dienone is 1. The highest BCUT2D eigenvalue weighted by atomic mass is 16.5.